The highest BCUT2D eigenvalue weighted by Gasteiger charge is 2.13. The molecule has 108 valence electrons. The van der Waals surface area contributed by atoms with E-state index in [-0.39, 0.29) is 5.56 Å². The Bertz CT molecular complexity index is 1040. The number of aromatic amines is 1. The van der Waals surface area contributed by atoms with E-state index in [0.717, 1.165) is 34.5 Å². The minimum Gasteiger partial charge on any atom is -0.306 e. The second-order valence-electron chi connectivity index (χ2n) is 5.27. The van der Waals surface area contributed by atoms with Crippen LogP contribution in [0.25, 0.3) is 27.6 Å². The van der Waals surface area contributed by atoms with Crippen molar-refractivity contribution in [2.75, 3.05) is 0 Å². The first-order valence-electron chi connectivity index (χ1n) is 7.36. The van der Waals surface area contributed by atoms with Gasteiger partial charge >= 0.3 is 0 Å². The molecule has 2 aromatic carbocycles. The molecule has 4 nitrogen and oxygen atoms in total. The average Bonchev–Trinajstić information content (AvgIpc) is 2.92. The van der Waals surface area contributed by atoms with Gasteiger partial charge in [-0.3, -0.25) is 9.36 Å². The topological polar surface area (TPSA) is 50.7 Å². The normalized spacial score (nSPS) is 11.3. The van der Waals surface area contributed by atoms with Crippen LogP contribution in [0.4, 0.5) is 0 Å². The van der Waals surface area contributed by atoms with Gasteiger partial charge in [-0.2, -0.15) is 0 Å². The van der Waals surface area contributed by atoms with E-state index >= 15 is 0 Å². The Hall–Kier alpha value is -2.88. The lowest BCUT2D eigenvalue weighted by molar-refractivity contribution is 0.905. The van der Waals surface area contributed by atoms with Gasteiger partial charge < -0.3 is 4.98 Å². The molecule has 4 rings (SSSR count). The highest BCUT2D eigenvalue weighted by atomic mass is 16.1. The molecule has 0 spiro atoms. The fourth-order valence-corrected chi connectivity index (χ4v) is 2.93. The number of benzene rings is 2. The van der Waals surface area contributed by atoms with E-state index in [1.807, 2.05) is 18.2 Å². The number of fused-ring (bicyclic) bond motifs is 2. The van der Waals surface area contributed by atoms with Gasteiger partial charge in [0, 0.05) is 17.9 Å². The fraction of sp³-hybridized carbons (Fsp3) is 0.111. The van der Waals surface area contributed by atoms with Crippen LogP contribution in [0.1, 0.15) is 12.7 Å². The predicted octanol–water partition coefficient (Wildman–Crippen LogP) is 3.43. The zero-order valence-electron chi connectivity index (χ0n) is 12.2. The second-order valence-corrected chi connectivity index (χ2v) is 5.27. The monoisotopic (exact) mass is 289 g/mol. The maximum atomic E-state index is 11.7. The van der Waals surface area contributed by atoms with Crippen molar-refractivity contribution < 1.29 is 0 Å². The molecule has 0 saturated carbocycles. The van der Waals surface area contributed by atoms with Gasteiger partial charge in [0.15, 0.2) is 0 Å². The Morgan fingerprint density at radius 2 is 1.86 bits per heavy atom. The van der Waals surface area contributed by atoms with E-state index in [1.54, 1.807) is 6.07 Å². The molecule has 0 unspecified atom stereocenters. The van der Waals surface area contributed by atoms with Crippen LogP contribution in [0.2, 0.25) is 0 Å². The zero-order valence-corrected chi connectivity index (χ0v) is 12.2. The molecule has 0 aliphatic heterocycles. The Morgan fingerprint density at radius 3 is 2.73 bits per heavy atom. The van der Waals surface area contributed by atoms with Crippen molar-refractivity contribution in [3.63, 3.8) is 0 Å². The van der Waals surface area contributed by atoms with Crippen LogP contribution in [-0.2, 0) is 6.42 Å². The first-order chi connectivity index (χ1) is 10.8. The van der Waals surface area contributed by atoms with Gasteiger partial charge in [0.25, 0.3) is 0 Å². The number of hydrogen-bond donors (Lipinski definition) is 1. The number of aryl methyl sites for hydroxylation is 1. The number of nitrogens with zero attached hydrogens (tertiary/aromatic N) is 2. The van der Waals surface area contributed by atoms with E-state index in [1.165, 1.54) is 11.5 Å². The van der Waals surface area contributed by atoms with Gasteiger partial charge in [-0.15, -0.1) is 0 Å². The molecule has 0 atom stereocenters. The van der Waals surface area contributed by atoms with Gasteiger partial charge in [0.05, 0.1) is 5.69 Å². The molecule has 0 amide bonds. The summed E-state index contributed by atoms with van der Waals surface area (Å²) in [5.41, 5.74) is 2.49. The largest absolute Gasteiger partial charge is 0.306 e. The number of pyridine rings is 1. The van der Waals surface area contributed by atoms with Crippen molar-refractivity contribution in [3.05, 3.63) is 70.8 Å². The molecule has 0 saturated heterocycles. The van der Waals surface area contributed by atoms with E-state index in [4.69, 9.17) is 0 Å². The number of rotatable bonds is 2. The Kier molecular flexibility index (Phi) is 2.82. The van der Waals surface area contributed by atoms with Crippen LogP contribution < -0.4 is 5.56 Å². The molecule has 22 heavy (non-hydrogen) atoms. The quantitative estimate of drug-likeness (QED) is 0.614. The van der Waals surface area contributed by atoms with Gasteiger partial charge in [-0.05, 0) is 17.5 Å². The minimum absolute atomic E-state index is 0.114. The van der Waals surface area contributed by atoms with E-state index in [9.17, 15) is 4.79 Å². The molecule has 4 aromatic rings. The van der Waals surface area contributed by atoms with Crippen LogP contribution in [0.5, 0.6) is 0 Å². The number of imidazole rings is 1. The number of H-pyrrole nitrogens is 1. The van der Waals surface area contributed by atoms with Crippen molar-refractivity contribution in [2.24, 2.45) is 0 Å². The van der Waals surface area contributed by atoms with Crippen molar-refractivity contribution in [1.29, 1.82) is 0 Å². The number of hydrogen-bond acceptors (Lipinski definition) is 2. The van der Waals surface area contributed by atoms with Crippen LogP contribution in [0.15, 0.2) is 59.4 Å². The summed E-state index contributed by atoms with van der Waals surface area (Å²) in [4.78, 5) is 19.3. The van der Waals surface area contributed by atoms with Crippen LogP contribution in [-0.4, -0.2) is 14.5 Å². The smallest absolute Gasteiger partial charge is 0.249 e. The van der Waals surface area contributed by atoms with Crippen LogP contribution in [0, 0.1) is 0 Å². The fourth-order valence-electron chi connectivity index (χ4n) is 2.93. The summed E-state index contributed by atoms with van der Waals surface area (Å²) in [5, 5.41) is 2.31. The molecular formula is C18H15N3O. The van der Waals surface area contributed by atoms with Gasteiger partial charge in [0.1, 0.15) is 17.0 Å². The lowest BCUT2D eigenvalue weighted by atomic mass is 10.1. The standard InChI is InChI=1S/C18H15N3O/c1-2-16-19-14-10-11-17(22)20-18(14)21(16)15-9-5-7-12-6-3-4-8-13(12)15/h3-11H,2H2,1H3,(H,20,22). The second kappa shape index (κ2) is 4.84. The first-order valence-corrected chi connectivity index (χ1v) is 7.36. The lowest BCUT2D eigenvalue weighted by Crippen LogP contribution is -2.07. The van der Waals surface area contributed by atoms with E-state index in [2.05, 4.69) is 45.7 Å². The molecule has 2 heterocycles. The third kappa shape index (κ3) is 1.84. The number of nitrogens with one attached hydrogen (secondary N) is 1. The third-order valence-electron chi connectivity index (χ3n) is 3.93. The summed E-state index contributed by atoms with van der Waals surface area (Å²) < 4.78 is 2.05. The summed E-state index contributed by atoms with van der Waals surface area (Å²) in [6.45, 7) is 2.07. The molecule has 0 aliphatic carbocycles. The molecular weight excluding hydrogens is 274 g/mol. The van der Waals surface area contributed by atoms with Crippen molar-refractivity contribution in [1.82, 2.24) is 14.5 Å². The van der Waals surface area contributed by atoms with Gasteiger partial charge in [-0.1, -0.05) is 43.3 Å². The SMILES string of the molecule is CCc1nc2ccc(=O)[nH]c2n1-c1cccc2ccccc12. The molecule has 0 radical (unpaired) electrons. The highest BCUT2D eigenvalue weighted by Crippen LogP contribution is 2.26. The summed E-state index contributed by atoms with van der Waals surface area (Å²) >= 11 is 0. The maximum Gasteiger partial charge on any atom is 0.249 e. The molecule has 4 heteroatoms. The van der Waals surface area contributed by atoms with Crippen LogP contribution in [0.3, 0.4) is 0 Å². The molecule has 0 fully saturated rings. The highest BCUT2D eigenvalue weighted by molar-refractivity contribution is 5.92. The first kappa shape index (κ1) is 12.8. The van der Waals surface area contributed by atoms with Gasteiger partial charge in [-0.25, -0.2) is 4.98 Å². The van der Waals surface area contributed by atoms with Gasteiger partial charge in [0.2, 0.25) is 5.56 Å². The summed E-state index contributed by atoms with van der Waals surface area (Å²) in [5.74, 6) is 0.938. The number of aromatic nitrogens is 3. The maximum absolute atomic E-state index is 11.7. The van der Waals surface area contributed by atoms with Crippen molar-refractivity contribution in [3.8, 4) is 5.69 Å². The summed E-state index contributed by atoms with van der Waals surface area (Å²) in [7, 11) is 0. The van der Waals surface area contributed by atoms with E-state index in [0.29, 0.717) is 0 Å². The van der Waals surface area contributed by atoms with E-state index < -0.39 is 0 Å². The molecule has 1 N–H and O–H groups in total. The minimum atomic E-state index is -0.114. The predicted molar refractivity (Wildman–Crippen MR) is 88.6 cm³/mol. The average molecular weight is 289 g/mol. The molecule has 0 aliphatic rings. The molecule has 0 bridgehead atoms. The van der Waals surface area contributed by atoms with Crippen molar-refractivity contribution >= 4 is 21.9 Å². The van der Waals surface area contributed by atoms with Crippen molar-refractivity contribution in [2.45, 2.75) is 13.3 Å². The Morgan fingerprint density at radius 1 is 1.05 bits per heavy atom. The summed E-state index contributed by atoms with van der Waals surface area (Å²) in [6, 6.07) is 17.7. The zero-order chi connectivity index (χ0) is 15.1. The Labute approximate surface area is 127 Å². The summed E-state index contributed by atoms with van der Waals surface area (Å²) in [6.07, 6.45) is 0.792. The van der Waals surface area contributed by atoms with Crippen LogP contribution >= 0.6 is 0 Å². The Balaban J connectivity index is 2.16. The molecule has 2 aromatic heterocycles. The lowest BCUT2D eigenvalue weighted by Gasteiger charge is -2.11. The third-order valence-corrected chi connectivity index (χ3v) is 3.93.